The van der Waals surface area contributed by atoms with E-state index < -0.39 is 0 Å². The number of rotatable bonds is 4. The lowest BCUT2D eigenvalue weighted by Gasteiger charge is -2.17. The standard InChI is InChI=1S/C12H19NS/c1-4-13-12(10-5-6-10)11-7-8(2)14-9(11)3/h7,10,12-13H,4-6H2,1-3H3. The Labute approximate surface area is 90.5 Å². The lowest BCUT2D eigenvalue weighted by atomic mass is 10.0. The van der Waals surface area contributed by atoms with Gasteiger partial charge in [0, 0.05) is 15.8 Å². The minimum Gasteiger partial charge on any atom is -0.310 e. The summed E-state index contributed by atoms with van der Waals surface area (Å²) in [5.74, 6) is 0.905. The Hall–Kier alpha value is -0.340. The summed E-state index contributed by atoms with van der Waals surface area (Å²) in [6, 6.07) is 3.00. The highest BCUT2D eigenvalue weighted by atomic mass is 32.1. The van der Waals surface area contributed by atoms with Gasteiger partial charge in [0.25, 0.3) is 0 Å². The maximum Gasteiger partial charge on any atom is 0.0359 e. The molecule has 14 heavy (non-hydrogen) atoms. The minimum atomic E-state index is 0.630. The van der Waals surface area contributed by atoms with Crippen LogP contribution in [0.2, 0.25) is 0 Å². The summed E-state index contributed by atoms with van der Waals surface area (Å²) in [6.07, 6.45) is 2.82. The van der Waals surface area contributed by atoms with Crippen molar-refractivity contribution in [1.29, 1.82) is 0 Å². The summed E-state index contributed by atoms with van der Waals surface area (Å²) < 4.78 is 0. The zero-order valence-corrected chi connectivity index (χ0v) is 10.1. The molecule has 2 rings (SSSR count). The maximum absolute atomic E-state index is 3.62. The Balaban J connectivity index is 2.20. The Morgan fingerprint density at radius 3 is 2.64 bits per heavy atom. The molecule has 0 aliphatic heterocycles. The number of nitrogens with one attached hydrogen (secondary N) is 1. The van der Waals surface area contributed by atoms with Gasteiger partial charge in [0.05, 0.1) is 0 Å². The highest BCUT2D eigenvalue weighted by Crippen LogP contribution is 2.43. The molecule has 1 N–H and O–H groups in total. The molecule has 0 radical (unpaired) electrons. The summed E-state index contributed by atoms with van der Waals surface area (Å²) in [4.78, 5) is 2.95. The largest absolute Gasteiger partial charge is 0.310 e. The number of aryl methyl sites for hydroxylation is 2. The molecule has 0 saturated heterocycles. The van der Waals surface area contributed by atoms with Crippen molar-refractivity contribution < 1.29 is 0 Å². The zero-order chi connectivity index (χ0) is 10.1. The van der Waals surface area contributed by atoms with E-state index in [1.807, 2.05) is 11.3 Å². The van der Waals surface area contributed by atoms with Crippen LogP contribution in [0.5, 0.6) is 0 Å². The molecule has 0 aromatic carbocycles. The Morgan fingerprint density at radius 2 is 2.21 bits per heavy atom. The molecule has 1 heterocycles. The van der Waals surface area contributed by atoms with Crippen LogP contribution in [-0.4, -0.2) is 6.54 Å². The first kappa shape index (κ1) is 10.2. The third kappa shape index (κ3) is 2.01. The van der Waals surface area contributed by atoms with E-state index >= 15 is 0 Å². The number of hydrogen-bond acceptors (Lipinski definition) is 2. The van der Waals surface area contributed by atoms with Crippen LogP contribution >= 0.6 is 11.3 Å². The third-order valence-corrected chi connectivity index (χ3v) is 3.91. The van der Waals surface area contributed by atoms with E-state index in [9.17, 15) is 0 Å². The van der Waals surface area contributed by atoms with E-state index in [1.165, 1.54) is 22.6 Å². The normalized spacial score (nSPS) is 18.5. The molecular weight excluding hydrogens is 190 g/mol. The predicted octanol–water partition coefficient (Wildman–Crippen LogP) is 3.43. The number of thiophene rings is 1. The molecule has 0 amide bonds. The van der Waals surface area contributed by atoms with Gasteiger partial charge in [0.2, 0.25) is 0 Å². The van der Waals surface area contributed by atoms with Gasteiger partial charge in [-0.2, -0.15) is 0 Å². The summed E-state index contributed by atoms with van der Waals surface area (Å²) >= 11 is 1.93. The molecule has 1 saturated carbocycles. The van der Waals surface area contributed by atoms with Gasteiger partial charge >= 0.3 is 0 Å². The van der Waals surface area contributed by atoms with Gasteiger partial charge in [-0.05, 0) is 50.8 Å². The first-order valence-corrected chi connectivity index (χ1v) is 6.34. The van der Waals surface area contributed by atoms with E-state index in [-0.39, 0.29) is 0 Å². The molecular formula is C12H19NS. The Bertz CT molecular complexity index is 312. The van der Waals surface area contributed by atoms with Crippen molar-refractivity contribution in [3.63, 3.8) is 0 Å². The van der Waals surface area contributed by atoms with Crippen molar-refractivity contribution in [2.45, 2.75) is 39.7 Å². The van der Waals surface area contributed by atoms with E-state index in [2.05, 4.69) is 32.2 Å². The molecule has 78 valence electrons. The lowest BCUT2D eigenvalue weighted by molar-refractivity contribution is 0.495. The van der Waals surface area contributed by atoms with Gasteiger partial charge in [-0.15, -0.1) is 11.3 Å². The molecule has 2 heteroatoms. The van der Waals surface area contributed by atoms with Crippen molar-refractivity contribution in [3.8, 4) is 0 Å². The van der Waals surface area contributed by atoms with Crippen LogP contribution in [0.15, 0.2) is 6.07 Å². The molecule has 0 spiro atoms. The average Bonchev–Trinajstić information content (AvgIpc) is 2.89. The highest BCUT2D eigenvalue weighted by Gasteiger charge is 2.32. The molecule has 0 bridgehead atoms. The van der Waals surface area contributed by atoms with E-state index in [4.69, 9.17) is 0 Å². The fourth-order valence-corrected chi connectivity index (χ4v) is 3.11. The molecule has 1 nitrogen and oxygen atoms in total. The molecule has 1 aromatic heterocycles. The van der Waals surface area contributed by atoms with Crippen LogP contribution in [-0.2, 0) is 0 Å². The van der Waals surface area contributed by atoms with E-state index in [0.29, 0.717) is 6.04 Å². The quantitative estimate of drug-likeness (QED) is 0.801. The van der Waals surface area contributed by atoms with Gasteiger partial charge in [-0.3, -0.25) is 0 Å². The van der Waals surface area contributed by atoms with E-state index in [1.54, 1.807) is 5.56 Å². The topological polar surface area (TPSA) is 12.0 Å². The smallest absolute Gasteiger partial charge is 0.0359 e. The fraction of sp³-hybridized carbons (Fsp3) is 0.667. The molecule has 1 unspecified atom stereocenters. The summed E-state index contributed by atoms with van der Waals surface area (Å²) in [6.45, 7) is 7.73. The van der Waals surface area contributed by atoms with Gasteiger partial charge in [0.1, 0.15) is 0 Å². The molecule has 1 fully saturated rings. The number of hydrogen-bond donors (Lipinski definition) is 1. The first-order chi connectivity index (χ1) is 6.72. The fourth-order valence-electron chi connectivity index (χ4n) is 2.14. The maximum atomic E-state index is 3.62. The van der Waals surface area contributed by atoms with Crippen molar-refractivity contribution in [3.05, 3.63) is 21.4 Å². The van der Waals surface area contributed by atoms with E-state index in [0.717, 1.165) is 12.5 Å². The van der Waals surface area contributed by atoms with Gasteiger partial charge < -0.3 is 5.32 Å². The van der Waals surface area contributed by atoms with Gasteiger partial charge in [0.15, 0.2) is 0 Å². The monoisotopic (exact) mass is 209 g/mol. The molecule has 1 atom stereocenters. The highest BCUT2D eigenvalue weighted by molar-refractivity contribution is 7.12. The van der Waals surface area contributed by atoms with Crippen LogP contribution in [0.4, 0.5) is 0 Å². The average molecular weight is 209 g/mol. The SMILES string of the molecule is CCNC(c1cc(C)sc1C)C1CC1. The van der Waals surface area contributed by atoms with Gasteiger partial charge in [-0.1, -0.05) is 6.92 Å². The van der Waals surface area contributed by atoms with Gasteiger partial charge in [-0.25, -0.2) is 0 Å². The zero-order valence-electron chi connectivity index (χ0n) is 9.26. The second kappa shape index (κ2) is 4.03. The Morgan fingerprint density at radius 1 is 1.50 bits per heavy atom. The van der Waals surface area contributed by atoms with Crippen molar-refractivity contribution in [2.75, 3.05) is 6.54 Å². The van der Waals surface area contributed by atoms with Crippen molar-refractivity contribution in [1.82, 2.24) is 5.32 Å². The van der Waals surface area contributed by atoms with Crippen LogP contribution < -0.4 is 5.32 Å². The summed E-state index contributed by atoms with van der Waals surface area (Å²) in [7, 11) is 0. The Kier molecular flexibility index (Phi) is 2.93. The van der Waals surface area contributed by atoms with Crippen LogP contribution in [0, 0.1) is 19.8 Å². The minimum absolute atomic E-state index is 0.630. The molecule has 1 aliphatic rings. The predicted molar refractivity (Wildman–Crippen MR) is 62.9 cm³/mol. The van der Waals surface area contributed by atoms with Crippen molar-refractivity contribution >= 4 is 11.3 Å². The second-order valence-corrected chi connectivity index (χ2v) is 5.70. The molecule has 1 aromatic rings. The third-order valence-electron chi connectivity index (χ3n) is 2.93. The summed E-state index contributed by atoms with van der Waals surface area (Å²) in [5, 5.41) is 3.62. The second-order valence-electron chi connectivity index (χ2n) is 4.24. The lowest BCUT2D eigenvalue weighted by Crippen LogP contribution is -2.22. The molecule has 1 aliphatic carbocycles. The van der Waals surface area contributed by atoms with Crippen LogP contribution in [0.3, 0.4) is 0 Å². The first-order valence-electron chi connectivity index (χ1n) is 5.52. The van der Waals surface area contributed by atoms with Crippen LogP contribution in [0.1, 0.15) is 41.1 Å². The summed E-state index contributed by atoms with van der Waals surface area (Å²) in [5.41, 5.74) is 1.55. The van der Waals surface area contributed by atoms with Crippen LogP contribution in [0.25, 0.3) is 0 Å². The van der Waals surface area contributed by atoms with Crippen molar-refractivity contribution in [2.24, 2.45) is 5.92 Å².